The molecule has 0 fully saturated rings. The number of fused-ring (bicyclic) bond motifs is 1. The van der Waals surface area contributed by atoms with Crippen molar-refractivity contribution >= 4 is 15.6 Å². The summed E-state index contributed by atoms with van der Waals surface area (Å²) in [4.78, 5) is 0. The molecule has 0 amide bonds. The van der Waals surface area contributed by atoms with Gasteiger partial charge in [0.1, 0.15) is 0 Å². The number of allylic oxidation sites excluding steroid dienone is 4. The van der Waals surface area contributed by atoms with E-state index in [0.717, 1.165) is 0 Å². The van der Waals surface area contributed by atoms with Gasteiger partial charge in [0.15, 0.2) is 0 Å². The molecule has 15 heteroatoms. The van der Waals surface area contributed by atoms with Gasteiger partial charge in [0.05, 0.1) is 0 Å². The van der Waals surface area contributed by atoms with Crippen molar-refractivity contribution in [2.24, 2.45) is 0 Å². The summed E-state index contributed by atoms with van der Waals surface area (Å²) < 4.78 is 118. The maximum atomic E-state index is 9.87. The number of hydrogen-bond donors (Lipinski definition) is 0. The maximum absolute atomic E-state index is 10.7. The van der Waals surface area contributed by atoms with Crippen LogP contribution in [0.1, 0.15) is 52.2 Å². The summed E-state index contributed by atoms with van der Waals surface area (Å²) in [5, 5.41) is 0. The van der Waals surface area contributed by atoms with E-state index in [0.29, 0.717) is 0 Å². The van der Waals surface area contributed by atoms with Gasteiger partial charge >= 0.3 is 66.0 Å². The van der Waals surface area contributed by atoms with Crippen molar-refractivity contribution in [3.05, 3.63) is 63.6 Å². The number of rotatable bonds is 0. The third-order valence-electron chi connectivity index (χ3n) is 4.82. The van der Waals surface area contributed by atoms with Gasteiger partial charge in [0.2, 0.25) is 0 Å². The molecule has 3 rings (SSSR count). The van der Waals surface area contributed by atoms with Gasteiger partial charge in [0.25, 0.3) is 0 Å². The van der Waals surface area contributed by atoms with Crippen molar-refractivity contribution in [3.8, 4) is 0 Å². The van der Waals surface area contributed by atoms with Gasteiger partial charge in [-0.15, -0.1) is 0 Å². The van der Waals surface area contributed by atoms with Crippen molar-refractivity contribution in [2.45, 2.75) is 53.9 Å². The molecule has 1 aromatic rings. The van der Waals surface area contributed by atoms with Crippen LogP contribution in [0.2, 0.25) is 0 Å². The molecule has 0 saturated heterocycles. The minimum Gasteiger partial charge on any atom is -0.0620 e. The molecule has 0 bridgehead atoms. The molecule has 0 spiro atoms. The van der Waals surface area contributed by atoms with Gasteiger partial charge in [-0.25, -0.2) is 0 Å². The minimum absolute atomic E-state index is 0. The molecule has 34 heavy (non-hydrogen) atoms. The van der Waals surface area contributed by atoms with Crippen LogP contribution in [0, 0.1) is 5.92 Å². The van der Waals surface area contributed by atoms with Crippen LogP contribution >= 0.6 is 15.6 Å². The Labute approximate surface area is 203 Å². The van der Waals surface area contributed by atoms with Gasteiger partial charge in [-0.2, -0.15) is 0 Å². The zero-order chi connectivity index (χ0) is 26.8. The van der Waals surface area contributed by atoms with Crippen LogP contribution in [0.15, 0.2) is 46.6 Å². The predicted molar refractivity (Wildman–Crippen MR) is 111 cm³/mol. The SMILES string of the molecule is C[C]1C(C)=C(C)C(C)=C1C.F[P-](F)(F)(F)(F)F.F[P-](F)(F)(F)(F)F.[Ir].c1ccc2c(c1)CCC2. The van der Waals surface area contributed by atoms with Crippen LogP contribution in [0.5, 0.6) is 0 Å². The molecule has 1 aromatic carbocycles. The van der Waals surface area contributed by atoms with E-state index in [-0.39, 0.29) is 20.1 Å². The van der Waals surface area contributed by atoms with Crippen molar-refractivity contribution in [1.82, 2.24) is 0 Å². The Hall–Kier alpha value is -0.631. The molecule has 2 aliphatic rings. The first-order valence-electron chi connectivity index (χ1n) is 9.31. The molecule has 2 aliphatic carbocycles. The molecule has 0 heterocycles. The monoisotopic (exact) mass is 736 g/mol. The van der Waals surface area contributed by atoms with E-state index < -0.39 is 15.6 Å². The van der Waals surface area contributed by atoms with Gasteiger partial charge in [-0.1, -0.05) is 42.3 Å². The van der Waals surface area contributed by atoms with E-state index in [4.69, 9.17) is 0 Å². The van der Waals surface area contributed by atoms with Crippen molar-refractivity contribution in [1.29, 1.82) is 0 Å². The van der Waals surface area contributed by atoms with E-state index in [9.17, 15) is 50.4 Å². The van der Waals surface area contributed by atoms with Gasteiger partial charge in [-0.05, 0) is 69.2 Å². The summed E-state index contributed by atoms with van der Waals surface area (Å²) in [6.07, 6.45) is 3.96. The largest absolute Gasteiger partial charge is 0.0620 e. The predicted octanol–water partition coefficient (Wildman–Crippen LogP) is 12.2. The zero-order valence-electron chi connectivity index (χ0n) is 18.7. The Morgan fingerprint density at radius 2 is 0.735 bits per heavy atom. The molecule has 0 unspecified atom stereocenters. The molecule has 0 aromatic heterocycles. The van der Waals surface area contributed by atoms with Crippen LogP contribution in [0.25, 0.3) is 0 Å². The second-order valence-corrected chi connectivity index (χ2v) is 11.5. The maximum Gasteiger partial charge on any atom is 0 e. The van der Waals surface area contributed by atoms with Gasteiger partial charge < -0.3 is 0 Å². The Balaban J connectivity index is 0. The molecule has 0 atom stereocenters. The summed E-state index contributed by atoms with van der Waals surface area (Å²) in [5.41, 5.74) is 9.00. The average molecular weight is 736 g/mol. The molecule has 2 radical (unpaired) electrons. The van der Waals surface area contributed by atoms with Crippen molar-refractivity contribution in [3.63, 3.8) is 0 Å². The summed E-state index contributed by atoms with van der Waals surface area (Å²) in [6.45, 7) is 11.0. The van der Waals surface area contributed by atoms with E-state index in [1.165, 1.54) is 47.5 Å². The number of hydrogen-bond acceptors (Lipinski definition) is 0. The van der Waals surface area contributed by atoms with E-state index in [1.54, 1.807) is 11.1 Å². The zero-order valence-corrected chi connectivity index (χ0v) is 22.9. The van der Waals surface area contributed by atoms with Gasteiger partial charge in [-0.3, -0.25) is 0 Å². The first-order valence-corrected chi connectivity index (χ1v) is 13.4. The van der Waals surface area contributed by atoms with Crippen LogP contribution in [0.4, 0.5) is 50.4 Å². The molecular weight excluding hydrogens is 710 g/mol. The first kappa shape index (κ1) is 35.5. The fourth-order valence-electron chi connectivity index (χ4n) is 2.92. The summed E-state index contributed by atoms with van der Waals surface area (Å²) in [6, 6.07) is 8.74. The summed E-state index contributed by atoms with van der Waals surface area (Å²) in [5.74, 6) is 1.47. The quantitative estimate of drug-likeness (QED) is 0.184. The average Bonchev–Trinajstić information content (AvgIpc) is 3.07. The second-order valence-electron chi connectivity index (χ2n) is 7.66. The van der Waals surface area contributed by atoms with E-state index >= 15 is 0 Å². The van der Waals surface area contributed by atoms with E-state index in [1.807, 2.05) is 0 Å². The van der Waals surface area contributed by atoms with Gasteiger partial charge in [0, 0.05) is 26.0 Å². The Morgan fingerprint density at radius 3 is 0.912 bits per heavy atom. The Morgan fingerprint density at radius 1 is 0.500 bits per heavy atom. The van der Waals surface area contributed by atoms with Crippen molar-refractivity contribution < 1.29 is 70.5 Å². The molecule has 0 nitrogen and oxygen atoms in total. The third kappa shape index (κ3) is 21.9. The van der Waals surface area contributed by atoms with Crippen LogP contribution in [-0.4, -0.2) is 0 Å². The first-order chi connectivity index (χ1) is 13.9. The number of benzene rings is 1. The molecule has 0 N–H and O–H groups in total. The summed E-state index contributed by atoms with van der Waals surface area (Å²) in [7, 11) is -21.3. The normalized spacial score (nSPS) is 19.9. The Bertz CT molecular complexity index is 829. The number of halogens is 12. The summed E-state index contributed by atoms with van der Waals surface area (Å²) >= 11 is 0. The van der Waals surface area contributed by atoms with Crippen LogP contribution in [-0.2, 0) is 32.9 Å². The van der Waals surface area contributed by atoms with Crippen molar-refractivity contribution in [2.75, 3.05) is 0 Å². The van der Waals surface area contributed by atoms with E-state index in [2.05, 4.69) is 58.9 Å². The molecule has 0 saturated carbocycles. The minimum atomic E-state index is -10.7. The second kappa shape index (κ2) is 9.68. The van der Waals surface area contributed by atoms with Crippen LogP contribution < -0.4 is 0 Å². The Kier molecular flexibility index (Phi) is 10.1. The number of aryl methyl sites for hydroxylation is 2. The smallest absolute Gasteiger partial charge is 0 e. The molecule has 0 aliphatic heterocycles. The standard InChI is InChI=1S/C10H15.C9H10.2F6P.Ir/c1-6-7(2)9(4)10(5)8(6)3;1-2-5-9-7-3-6-8(9)4-1;2*1-7(2,3,4,5)6;/h1-5H3;1-2,4-5H,3,6-7H2;;;/q;;2*-1;. The fraction of sp³-hybridized carbons (Fsp3) is 0.421. The fourth-order valence-corrected chi connectivity index (χ4v) is 2.92. The van der Waals surface area contributed by atoms with Crippen LogP contribution in [0.3, 0.4) is 0 Å². The third-order valence-corrected chi connectivity index (χ3v) is 4.82. The molecule has 206 valence electrons. The topological polar surface area (TPSA) is 0 Å². The molecular formula is C19H25F12IrP2-2.